The number of likely N-dealkylation sites (N-methyl/N-ethyl adjacent to an activating group) is 1. The van der Waals surface area contributed by atoms with Crippen LogP contribution in [-0.4, -0.2) is 43.8 Å². The van der Waals surface area contributed by atoms with E-state index < -0.39 is 12.2 Å². The lowest BCUT2D eigenvalue weighted by Gasteiger charge is -2.18. The average molecular weight is 199 g/mol. The van der Waals surface area contributed by atoms with Gasteiger partial charge in [0.05, 0.1) is 6.61 Å². The standard InChI is InChI=1S/C9H13NO4/c1-6(11)14-8-4-7(5-13-3)9(12)10(8)2/h4,8H,5H2,1-3H3. The molecule has 0 saturated carbocycles. The molecule has 0 aromatic carbocycles. The quantitative estimate of drug-likeness (QED) is 0.596. The van der Waals surface area contributed by atoms with Crippen LogP contribution in [-0.2, 0) is 19.1 Å². The molecule has 78 valence electrons. The highest BCUT2D eigenvalue weighted by atomic mass is 16.6. The summed E-state index contributed by atoms with van der Waals surface area (Å²) in [7, 11) is 3.09. The zero-order chi connectivity index (χ0) is 10.7. The van der Waals surface area contributed by atoms with Crippen molar-refractivity contribution in [2.24, 2.45) is 0 Å². The predicted octanol–water partition coefficient (Wildman–Crippen LogP) is -0.0796. The third kappa shape index (κ3) is 2.11. The topological polar surface area (TPSA) is 55.8 Å². The summed E-state index contributed by atoms with van der Waals surface area (Å²) in [5.41, 5.74) is 0.515. The smallest absolute Gasteiger partial charge is 0.304 e. The molecule has 5 nitrogen and oxygen atoms in total. The molecule has 1 atom stereocenters. The second-order valence-electron chi connectivity index (χ2n) is 3.04. The van der Waals surface area contributed by atoms with Crippen molar-refractivity contribution in [3.05, 3.63) is 11.6 Å². The molecular formula is C9H13NO4. The van der Waals surface area contributed by atoms with Crippen molar-refractivity contribution in [1.82, 2.24) is 4.90 Å². The summed E-state index contributed by atoms with van der Waals surface area (Å²) in [6.45, 7) is 1.54. The third-order valence-electron chi connectivity index (χ3n) is 1.91. The zero-order valence-electron chi connectivity index (χ0n) is 8.44. The Morgan fingerprint density at radius 3 is 2.79 bits per heavy atom. The Bertz CT molecular complexity index is 285. The lowest BCUT2D eigenvalue weighted by Crippen LogP contribution is -2.33. The molecule has 14 heavy (non-hydrogen) atoms. The van der Waals surface area contributed by atoms with Crippen LogP contribution in [0.3, 0.4) is 0 Å². The van der Waals surface area contributed by atoms with E-state index in [1.54, 1.807) is 13.1 Å². The number of nitrogens with zero attached hydrogens (tertiary/aromatic N) is 1. The number of carbonyl (C=O) groups excluding carboxylic acids is 2. The molecule has 1 unspecified atom stereocenters. The van der Waals surface area contributed by atoms with Crippen LogP contribution in [0.25, 0.3) is 0 Å². The van der Waals surface area contributed by atoms with E-state index in [0.29, 0.717) is 5.57 Å². The molecule has 0 N–H and O–H groups in total. The van der Waals surface area contributed by atoms with E-state index in [1.807, 2.05) is 0 Å². The van der Waals surface area contributed by atoms with Crippen LogP contribution in [0, 0.1) is 0 Å². The van der Waals surface area contributed by atoms with Crippen LogP contribution in [0.15, 0.2) is 11.6 Å². The molecule has 0 saturated heterocycles. The highest BCUT2D eigenvalue weighted by Gasteiger charge is 2.30. The number of esters is 1. The van der Waals surface area contributed by atoms with Gasteiger partial charge in [-0.25, -0.2) is 0 Å². The van der Waals surface area contributed by atoms with Gasteiger partial charge in [-0.1, -0.05) is 0 Å². The fourth-order valence-corrected chi connectivity index (χ4v) is 1.25. The normalized spacial score (nSPS) is 21.1. The van der Waals surface area contributed by atoms with Gasteiger partial charge in [-0.2, -0.15) is 0 Å². The maximum atomic E-state index is 11.5. The Kier molecular flexibility index (Phi) is 3.24. The Morgan fingerprint density at radius 1 is 1.64 bits per heavy atom. The minimum Gasteiger partial charge on any atom is -0.438 e. The SMILES string of the molecule is COCC1=CC(OC(C)=O)N(C)C1=O. The van der Waals surface area contributed by atoms with Crippen molar-refractivity contribution < 1.29 is 19.1 Å². The number of amides is 1. The predicted molar refractivity (Wildman–Crippen MR) is 48.3 cm³/mol. The molecule has 0 spiro atoms. The average Bonchev–Trinajstić information content (AvgIpc) is 2.34. The highest BCUT2D eigenvalue weighted by molar-refractivity contribution is 5.96. The maximum Gasteiger partial charge on any atom is 0.304 e. The summed E-state index contributed by atoms with van der Waals surface area (Å²) in [6, 6.07) is 0. The highest BCUT2D eigenvalue weighted by Crippen LogP contribution is 2.17. The lowest BCUT2D eigenvalue weighted by molar-refractivity contribution is -0.153. The van der Waals surface area contributed by atoms with Crippen molar-refractivity contribution in [2.45, 2.75) is 13.2 Å². The van der Waals surface area contributed by atoms with Crippen LogP contribution in [0.1, 0.15) is 6.92 Å². The number of hydrogen-bond donors (Lipinski definition) is 0. The molecule has 0 radical (unpaired) electrons. The van der Waals surface area contributed by atoms with Gasteiger partial charge in [-0.15, -0.1) is 0 Å². The fourth-order valence-electron chi connectivity index (χ4n) is 1.25. The second-order valence-corrected chi connectivity index (χ2v) is 3.04. The van der Waals surface area contributed by atoms with Gasteiger partial charge in [-0.05, 0) is 6.08 Å². The van der Waals surface area contributed by atoms with Gasteiger partial charge in [0.2, 0.25) is 0 Å². The molecule has 5 heteroatoms. The van der Waals surface area contributed by atoms with E-state index in [0.717, 1.165) is 0 Å². The number of hydrogen-bond acceptors (Lipinski definition) is 4. The molecule has 1 amide bonds. The zero-order valence-corrected chi connectivity index (χ0v) is 8.44. The van der Waals surface area contributed by atoms with E-state index in [-0.39, 0.29) is 12.5 Å². The Morgan fingerprint density at radius 2 is 2.29 bits per heavy atom. The van der Waals surface area contributed by atoms with Crippen LogP contribution in [0.4, 0.5) is 0 Å². The molecular weight excluding hydrogens is 186 g/mol. The molecule has 1 heterocycles. The molecule has 0 bridgehead atoms. The molecule has 0 aliphatic carbocycles. The minimum absolute atomic E-state index is 0.168. The van der Waals surface area contributed by atoms with E-state index in [9.17, 15) is 9.59 Å². The van der Waals surface area contributed by atoms with Crippen molar-refractivity contribution in [3.63, 3.8) is 0 Å². The van der Waals surface area contributed by atoms with Crippen molar-refractivity contribution >= 4 is 11.9 Å². The summed E-state index contributed by atoms with van der Waals surface area (Å²) >= 11 is 0. The molecule has 0 fully saturated rings. The van der Waals surface area contributed by atoms with Crippen molar-refractivity contribution in [2.75, 3.05) is 20.8 Å². The number of methoxy groups -OCH3 is 1. The number of carbonyl (C=O) groups is 2. The van der Waals surface area contributed by atoms with Crippen LogP contribution in [0.5, 0.6) is 0 Å². The van der Waals surface area contributed by atoms with Gasteiger partial charge in [0.15, 0.2) is 6.23 Å². The molecule has 0 aromatic rings. The molecule has 1 rings (SSSR count). The van der Waals surface area contributed by atoms with Crippen molar-refractivity contribution in [3.8, 4) is 0 Å². The summed E-state index contributed by atoms with van der Waals surface area (Å²) in [5.74, 6) is -0.581. The van der Waals surface area contributed by atoms with Gasteiger partial charge in [-0.3, -0.25) is 9.59 Å². The van der Waals surface area contributed by atoms with Crippen LogP contribution in [0.2, 0.25) is 0 Å². The van der Waals surface area contributed by atoms with E-state index >= 15 is 0 Å². The maximum absolute atomic E-state index is 11.5. The fraction of sp³-hybridized carbons (Fsp3) is 0.556. The first-order valence-electron chi connectivity index (χ1n) is 4.20. The number of ether oxygens (including phenoxy) is 2. The Hall–Kier alpha value is -1.36. The Labute approximate surface area is 82.3 Å². The number of rotatable bonds is 3. The van der Waals surface area contributed by atoms with Gasteiger partial charge in [0.1, 0.15) is 0 Å². The first-order valence-corrected chi connectivity index (χ1v) is 4.20. The van der Waals surface area contributed by atoms with Gasteiger partial charge >= 0.3 is 5.97 Å². The summed E-state index contributed by atoms with van der Waals surface area (Å²) in [6.07, 6.45) is 0.998. The Balaban J connectivity index is 2.70. The minimum atomic E-state index is -0.592. The van der Waals surface area contributed by atoms with Gasteiger partial charge < -0.3 is 14.4 Å². The summed E-state index contributed by atoms with van der Waals surface area (Å²) in [4.78, 5) is 23.5. The molecule has 1 aliphatic rings. The van der Waals surface area contributed by atoms with Crippen molar-refractivity contribution in [1.29, 1.82) is 0 Å². The van der Waals surface area contributed by atoms with Gasteiger partial charge in [0.25, 0.3) is 5.91 Å². The summed E-state index contributed by atoms with van der Waals surface area (Å²) < 4.78 is 9.75. The third-order valence-corrected chi connectivity index (χ3v) is 1.91. The largest absolute Gasteiger partial charge is 0.438 e. The summed E-state index contributed by atoms with van der Waals surface area (Å²) in [5, 5.41) is 0. The second kappa shape index (κ2) is 4.23. The van der Waals surface area contributed by atoms with Crippen LogP contribution >= 0.6 is 0 Å². The first-order chi connectivity index (χ1) is 6.56. The van der Waals surface area contributed by atoms with E-state index in [1.165, 1.54) is 18.9 Å². The lowest BCUT2D eigenvalue weighted by atomic mass is 10.3. The van der Waals surface area contributed by atoms with E-state index in [4.69, 9.17) is 9.47 Å². The van der Waals surface area contributed by atoms with Crippen LogP contribution < -0.4 is 0 Å². The van der Waals surface area contributed by atoms with E-state index in [2.05, 4.69) is 0 Å². The van der Waals surface area contributed by atoms with Gasteiger partial charge in [0, 0.05) is 26.7 Å². The monoisotopic (exact) mass is 199 g/mol. The molecule has 1 aliphatic heterocycles. The molecule has 0 aromatic heterocycles. The first kappa shape index (κ1) is 10.7.